The van der Waals surface area contributed by atoms with Crippen LogP contribution in [-0.2, 0) is 6.42 Å². The minimum atomic E-state index is -1.09. The maximum Gasteiger partial charge on any atom is 0.160 e. The van der Waals surface area contributed by atoms with Crippen molar-refractivity contribution in [3.05, 3.63) is 100 Å². The van der Waals surface area contributed by atoms with Crippen LogP contribution in [0.3, 0.4) is 0 Å². The summed E-state index contributed by atoms with van der Waals surface area (Å²) in [5, 5.41) is 20.6. The van der Waals surface area contributed by atoms with E-state index in [0.717, 1.165) is 34.5 Å². The topological polar surface area (TPSA) is 111 Å². The second-order valence-corrected chi connectivity index (χ2v) is 9.96. The summed E-state index contributed by atoms with van der Waals surface area (Å²) in [6, 6.07) is 14.7. The summed E-state index contributed by atoms with van der Waals surface area (Å²) in [6.07, 6.45) is 12.4. The van der Waals surface area contributed by atoms with Crippen molar-refractivity contribution in [2.45, 2.75) is 66.0 Å². The van der Waals surface area contributed by atoms with Crippen molar-refractivity contribution in [1.82, 2.24) is 5.32 Å². The van der Waals surface area contributed by atoms with Gasteiger partial charge in [0, 0.05) is 25.2 Å². The molecule has 0 aromatic heterocycles. The van der Waals surface area contributed by atoms with Crippen LogP contribution in [0.4, 0.5) is 4.39 Å². The summed E-state index contributed by atoms with van der Waals surface area (Å²) in [5.41, 5.74) is 11.0. The number of nitrogens with two attached hydrogens (primary N) is 1. The molecule has 0 saturated heterocycles. The van der Waals surface area contributed by atoms with Gasteiger partial charge >= 0.3 is 0 Å². The van der Waals surface area contributed by atoms with E-state index in [-0.39, 0.29) is 17.6 Å². The zero-order valence-corrected chi connectivity index (χ0v) is 25.5. The van der Waals surface area contributed by atoms with Gasteiger partial charge in [0.1, 0.15) is 17.4 Å². The number of aryl methyl sites for hydroxylation is 1. The average molecular weight is 566 g/mol. The van der Waals surface area contributed by atoms with Gasteiger partial charge in [-0.15, -0.1) is 6.42 Å². The van der Waals surface area contributed by atoms with Gasteiger partial charge in [0.15, 0.2) is 5.70 Å². The largest absolute Gasteiger partial charge is 0.398 e. The van der Waals surface area contributed by atoms with Crippen molar-refractivity contribution < 1.29 is 4.39 Å². The van der Waals surface area contributed by atoms with E-state index in [0.29, 0.717) is 23.4 Å². The van der Waals surface area contributed by atoms with E-state index in [2.05, 4.69) is 32.5 Å². The molecule has 2 rings (SSSR count). The summed E-state index contributed by atoms with van der Waals surface area (Å²) in [6.45, 7) is 11.3. The molecule has 8 heteroatoms. The van der Waals surface area contributed by atoms with Crippen molar-refractivity contribution in [1.29, 1.82) is 5.26 Å². The zero-order valence-electron chi connectivity index (χ0n) is 25.5. The third-order valence-electron chi connectivity index (χ3n) is 6.76. The Morgan fingerprint density at radius 2 is 1.90 bits per heavy atom. The molecule has 0 fully saturated rings. The molecule has 2 atom stereocenters. The quantitative estimate of drug-likeness (QED) is 0.121. The highest BCUT2D eigenvalue weighted by molar-refractivity contribution is 6.00. The van der Waals surface area contributed by atoms with E-state index < -0.39 is 5.54 Å². The molecule has 0 spiro atoms. The Hall–Kier alpha value is -4.66. The minimum Gasteiger partial charge on any atom is -0.398 e. The highest BCUT2D eigenvalue weighted by Crippen LogP contribution is 2.24. The number of hydrogen-bond acceptors (Lipinski definition) is 7. The lowest BCUT2D eigenvalue weighted by Crippen LogP contribution is -2.50. The number of hydrogen-bond donors (Lipinski definition) is 2. The number of nitriles is 1. The number of terminal acetylenes is 1. The smallest absolute Gasteiger partial charge is 0.160 e. The minimum absolute atomic E-state index is 0.0586. The van der Waals surface area contributed by atoms with Crippen LogP contribution < -0.4 is 11.1 Å². The number of allylic oxidation sites excluding steroid dienone is 4. The number of benzene rings is 2. The number of aliphatic imine (C=N–C) groups is 2. The van der Waals surface area contributed by atoms with Crippen molar-refractivity contribution in [3.63, 3.8) is 0 Å². The molecule has 2 aromatic carbocycles. The molecule has 7 nitrogen and oxygen atoms in total. The molecule has 0 aliphatic heterocycles. The number of nitrogens with zero attached hydrogens (tertiary/aromatic N) is 5. The van der Waals surface area contributed by atoms with Crippen molar-refractivity contribution in [2.75, 3.05) is 7.05 Å². The molecule has 0 bridgehead atoms. The highest BCUT2D eigenvalue weighted by Gasteiger charge is 2.31. The van der Waals surface area contributed by atoms with Crippen LogP contribution in [0.2, 0.25) is 0 Å². The van der Waals surface area contributed by atoms with Crippen LogP contribution in [0.15, 0.2) is 92.4 Å². The van der Waals surface area contributed by atoms with Gasteiger partial charge in [-0.1, -0.05) is 61.4 Å². The van der Waals surface area contributed by atoms with Gasteiger partial charge in [0.05, 0.1) is 23.3 Å². The maximum atomic E-state index is 14.3. The summed E-state index contributed by atoms with van der Waals surface area (Å²) < 4.78 is 14.3. The summed E-state index contributed by atoms with van der Waals surface area (Å²) in [5.74, 6) is 2.53. The molecule has 42 heavy (non-hydrogen) atoms. The lowest BCUT2D eigenvalue weighted by Gasteiger charge is -2.31. The monoisotopic (exact) mass is 565 g/mol. The first kappa shape index (κ1) is 33.5. The molecule has 0 aliphatic carbocycles. The van der Waals surface area contributed by atoms with E-state index in [9.17, 15) is 9.65 Å². The maximum absolute atomic E-state index is 14.3. The molecule has 0 amide bonds. The summed E-state index contributed by atoms with van der Waals surface area (Å²) >= 11 is 0. The Morgan fingerprint density at radius 1 is 1.21 bits per heavy atom. The molecule has 218 valence electrons. The van der Waals surface area contributed by atoms with Crippen LogP contribution in [0.5, 0.6) is 0 Å². The molecule has 3 N–H and O–H groups in total. The average Bonchev–Trinajstić information content (AvgIpc) is 2.98. The van der Waals surface area contributed by atoms with E-state index in [1.165, 1.54) is 19.3 Å². The molecular formula is C34H40FN7. The fraction of sp³-hybridized carbons (Fsp3) is 0.324. The number of nitrogens with one attached hydrogen (secondary N) is 1. The number of azo groups is 1. The van der Waals surface area contributed by atoms with E-state index in [1.807, 2.05) is 77.1 Å². The number of halogens is 1. The van der Waals surface area contributed by atoms with Crippen LogP contribution in [0.25, 0.3) is 5.70 Å². The van der Waals surface area contributed by atoms with Crippen LogP contribution >= 0.6 is 0 Å². The fourth-order valence-corrected chi connectivity index (χ4v) is 4.17. The lowest BCUT2D eigenvalue weighted by atomic mass is 9.89. The highest BCUT2D eigenvalue weighted by atomic mass is 19.1. The standard InChI is InChI=1S/C34H40FN7/c1-9-12-31(37)25(6)40-32(10-2)27-17-14-26(15-18-27)19-33(41-29(21-36)22-39-38-8)34(7,11-3)42-24(5)28-16-13-23(4)30(35)20-28/h3,10,12-18,20,22,24,42H,9,19,37H2,1-2,4-8H3/b29-22-,31-12-,32-10-,39-38-,40-25-,41-33+. The predicted octanol–water partition coefficient (Wildman–Crippen LogP) is 7.38. The van der Waals surface area contributed by atoms with Crippen LogP contribution in [0.1, 0.15) is 69.3 Å². The molecular weight excluding hydrogens is 525 g/mol. The molecule has 0 heterocycles. The Bertz CT molecular complexity index is 1510. The Balaban J connectivity index is 2.50. The van der Waals surface area contributed by atoms with Gasteiger partial charge in [-0.25, -0.2) is 9.38 Å². The van der Waals surface area contributed by atoms with E-state index in [4.69, 9.17) is 17.1 Å². The van der Waals surface area contributed by atoms with Gasteiger partial charge in [-0.2, -0.15) is 15.5 Å². The Labute approximate surface area is 249 Å². The molecule has 0 saturated carbocycles. The molecule has 0 radical (unpaired) electrons. The zero-order chi connectivity index (χ0) is 31.3. The van der Waals surface area contributed by atoms with Gasteiger partial charge < -0.3 is 5.73 Å². The summed E-state index contributed by atoms with van der Waals surface area (Å²) in [7, 11) is 1.51. The van der Waals surface area contributed by atoms with E-state index in [1.54, 1.807) is 13.0 Å². The van der Waals surface area contributed by atoms with Crippen molar-refractivity contribution in [3.8, 4) is 18.4 Å². The first-order chi connectivity index (χ1) is 20.0. The van der Waals surface area contributed by atoms with E-state index >= 15 is 0 Å². The third-order valence-corrected chi connectivity index (χ3v) is 6.76. The van der Waals surface area contributed by atoms with Crippen LogP contribution in [0, 0.1) is 36.4 Å². The Kier molecular flexibility index (Phi) is 12.7. The lowest BCUT2D eigenvalue weighted by molar-refractivity contribution is 0.484. The van der Waals surface area contributed by atoms with Gasteiger partial charge in [0.2, 0.25) is 0 Å². The summed E-state index contributed by atoms with van der Waals surface area (Å²) in [4.78, 5) is 9.34. The predicted molar refractivity (Wildman–Crippen MR) is 171 cm³/mol. The first-order valence-corrected chi connectivity index (χ1v) is 13.8. The molecule has 2 unspecified atom stereocenters. The first-order valence-electron chi connectivity index (χ1n) is 13.8. The number of rotatable bonds is 12. The van der Waals surface area contributed by atoms with Gasteiger partial charge in [0.25, 0.3) is 0 Å². The second-order valence-electron chi connectivity index (χ2n) is 9.96. The van der Waals surface area contributed by atoms with Crippen LogP contribution in [-0.4, -0.2) is 24.0 Å². The van der Waals surface area contributed by atoms with Crippen molar-refractivity contribution in [2.24, 2.45) is 25.9 Å². The molecule has 2 aromatic rings. The van der Waals surface area contributed by atoms with Gasteiger partial charge in [-0.3, -0.25) is 10.3 Å². The molecule has 0 aliphatic rings. The van der Waals surface area contributed by atoms with Gasteiger partial charge in [-0.05, 0) is 69.4 Å². The third kappa shape index (κ3) is 9.19. The second kappa shape index (κ2) is 16.0. The fourth-order valence-electron chi connectivity index (χ4n) is 4.17. The Morgan fingerprint density at radius 3 is 2.45 bits per heavy atom. The van der Waals surface area contributed by atoms with Crippen molar-refractivity contribution >= 4 is 17.1 Å². The SMILES string of the molecule is C#CC(C)(NC(C)c1ccc(C)c(F)c1)/C(Cc1ccc(C(=C/C)/N=C(C)\C(N)=C\CC)cc1)=N/C(C#N)=C\N=N/C. The normalized spacial score (nSPS) is 15.7.